The topological polar surface area (TPSA) is 47.0 Å². The molecule has 118 valence electrons. The van der Waals surface area contributed by atoms with Crippen LogP contribution in [0.3, 0.4) is 0 Å². The summed E-state index contributed by atoms with van der Waals surface area (Å²) in [6.45, 7) is 4.66. The number of nitrogens with one attached hydrogen (secondary N) is 1. The average Bonchev–Trinajstić information content (AvgIpc) is 2.88. The minimum absolute atomic E-state index is 0.127. The van der Waals surface area contributed by atoms with Crippen LogP contribution in [0.4, 0.5) is 14.6 Å². The summed E-state index contributed by atoms with van der Waals surface area (Å²) < 4.78 is 30.5. The number of halogens is 3. The Morgan fingerprint density at radius 3 is 2.86 bits per heavy atom. The minimum Gasteiger partial charge on any atom is -0.370 e. The van der Waals surface area contributed by atoms with E-state index in [1.807, 2.05) is 0 Å². The second kappa shape index (κ2) is 6.83. The second-order valence-electron chi connectivity index (χ2n) is 6.05. The maximum atomic E-state index is 12.5. The number of anilines is 1. The van der Waals surface area contributed by atoms with Gasteiger partial charge in [0.15, 0.2) is 5.82 Å². The molecule has 4 nitrogen and oxygen atoms in total. The molecule has 0 radical (unpaired) electrons. The molecule has 1 unspecified atom stereocenters. The maximum Gasteiger partial charge on any atom is 0.239 e. The van der Waals surface area contributed by atoms with Crippen LogP contribution in [0.5, 0.6) is 0 Å². The van der Waals surface area contributed by atoms with Crippen molar-refractivity contribution in [3.63, 3.8) is 0 Å². The Morgan fingerprint density at radius 1 is 1.48 bits per heavy atom. The summed E-state index contributed by atoms with van der Waals surface area (Å²) in [5, 5.41) is 3.39. The molecule has 1 atom stereocenters. The highest BCUT2D eigenvalue weighted by atomic mass is 35.5. The van der Waals surface area contributed by atoms with Gasteiger partial charge in [-0.05, 0) is 18.3 Å². The van der Waals surface area contributed by atoms with Crippen LogP contribution in [0.2, 0.25) is 5.15 Å². The van der Waals surface area contributed by atoms with Gasteiger partial charge in [-0.25, -0.2) is 18.7 Å². The zero-order valence-corrected chi connectivity index (χ0v) is 13.0. The van der Waals surface area contributed by atoms with Crippen molar-refractivity contribution < 1.29 is 13.5 Å². The molecular formula is C14H20ClF2N3O. The first-order chi connectivity index (χ1) is 9.85. The predicted octanol–water partition coefficient (Wildman–Crippen LogP) is 4.07. The third-order valence-electron chi connectivity index (χ3n) is 3.38. The van der Waals surface area contributed by atoms with Gasteiger partial charge in [-0.1, -0.05) is 25.4 Å². The molecule has 0 bridgehead atoms. The van der Waals surface area contributed by atoms with Gasteiger partial charge < -0.3 is 10.1 Å². The fourth-order valence-corrected chi connectivity index (χ4v) is 2.46. The summed E-state index contributed by atoms with van der Waals surface area (Å²) in [5.41, 5.74) is -0.532. The van der Waals surface area contributed by atoms with E-state index in [2.05, 4.69) is 15.3 Å². The van der Waals surface area contributed by atoms with E-state index >= 15 is 0 Å². The molecule has 1 N–H and O–H groups in total. The van der Waals surface area contributed by atoms with Crippen molar-refractivity contribution in [2.45, 2.75) is 45.6 Å². The molecule has 7 heteroatoms. The molecule has 0 amide bonds. The number of hydrogen-bond donors (Lipinski definition) is 1. The maximum absolute atomic E-state index is 12.5. The number of hydrogen-bond acceptors (Lipinski definition) is 4. The smallest absolute Gasteiger partial charge is 0.239 e. The molecule has 0 saturated carbocycles. The third-order valence-corrected chi connectivity index (χ3v) is 3.58. The molecule has 2 rings (SSSR count). The minimum atomic E-state index is -2.32. The highest BCUT2D eigenvalue weighted by Gasteiger charge is 2.24. The number of aromatic nitrogens is 2. The van der Waals surface area contributed by atoms with Crippen LogP contribution in [0, 0.1) is 5.41 Å². The summed E-state index contributed by atoms with van der Waals surface area (Å²) in [5.74, 6) is 1.09. The van der Waals surface area contributed by atoms with Crippen molar-refractivity contribution in [1.82, 2.24) is 9.97 Å². The SMILES string of the molecule is CC(C)(CNc1cc(Cl)nc(C2CCCO2)n1)CC(F)F. The standard InChI is InChI=1S/C14H20ClF2N3O/c1-14(2,7-11(16)17)8-18-12-6-10(15)19-13(20-12)9-4-3-5-21-9/h6,9,11H,3-5,7-8H2,1-2H3,(H,18,19,20). The highest BCUT2D eigenvalue weighted by molar-refractivity contribution is 6.29. The molecule has 1 aliphatic rings. The van der Waals surface area contributed by atoms with Gasteiger partial charge in [-0.15, -0.1) is 0 Å². The molecule has 2 heterocycles. The summed E-state index contributed by atoms with van der Waals surface area (Å²) in [6, 6.07) is 1.60. The summed E-state index contributed by atoms with van der Waals surface area (Å²) >= 11 is 6.00. The summed E-state index contributed by atoms with van der Waals surface area (Å²) in [6.07, 6.45) is -0.768. The molecule has 1 aliphatic heterocycles. The van der Waals surface area contributed by atoms with E-state index < -0.39 is 11.8 Å². The van der Waals surface area contributed by atoms with Crippen molar-refractivity contribution in [2.75, 3.05) is 18.5 Å². The lowest BCUT2D eigenvalue weighted by atomic mass is 9.89. The Labute approximate surface area is 128 Å². The lowest BCUT2D eigenvalue weighted by molar-refractivity contribution is 0.0921. The van der Waals surface area contributed by atoms with Crippen LogP contribution in [0.15, 0.2) is 6.07 Å². The van der Waals surface area contributed by atoms with Gasteiger partial charge in [0.05, 0.1) is 0 Å². The number of nitrogens with zero attached hydrogens (tertiary/aromatic N) is 2. The van der Waals surface area contributed by atoms with Crippen LogP contribution >= 0.6 is 11.6 Å². The molecular weight excluding hydrogens is 300 g/mol. The normalized spacial score (nSPS) is 19.2. The van der Waals surface area contributed by atoms with E-state index in [4.69, 9.17) is 16.3 Å². The molecule has 1 aromatic heterocycles. The number of ether oxygens (including phenoxy) is 1. The third kappa shape index (κ3) is 5.04. The van der Waals surface area contributed by atoms with Gasteiger partial charge in [-0.3, -0.25) is 0 Å². The Kier molecular flexibility index (Phi) is 5.32. The Morgan fingerprint density at radius 2 is 2.24 bits per heavy atom. The van der Waals surface area contributed by atoms with E-state index in [1.165, 1.54) is 0 Å². The monoisotopic (exact) mass is 319 g/mol. The van der Waals surface area contributed by atoms with Crippen molar-refractivity contribution >= 4 is 17.4 Å². The van der Waals surface area contributed by atoms with Crippen LogP contribution in [-0.4, -0.2) is 29.5 Å². The largest absolute Gasteiger partial charge is 0.370 e. The molecule has 0 spiro atoms. The van der Waals surface area contributed by atoms with Crippen molar-refractivity contribution in [3.05, 3.63) is 17.0 Å². The molecule has 0 aromatic carbocycles. The Bertz CT molecular complexity index is 479. The summed E-state index contributed by atoms with van der Waals surface area (Å²) in [7, 11) is 0. The number of rotatable bonds is 6. The highest BCUT2D eigenvalue weighted by Crippen LogP contribution is 2.29. The Hall–Kier alpha value is -1.01. The predicted molar refractivity (Wildman–Crippen MR) is 77.9 cm³/mol. The van der Waals surface area contributed by atoms with Crippen molar-refractivity contribution in [2.24, 2.45) is 5.41 Å². The van der Waals surface area contributed by atoms with Crippen LogP contribution in [-0.2, 0) is 4.74 Å². The van der Waals surface area contributed by atoms with Crippen molar-refractivity contribution in [1.29, 1.82) is 0 Å². The van der Waals surface area contributed by atoms with Gasteiger partial charge in [0.2, 0.25) is 6.43 Å². The van der Waals surface area contributed by atoms with E-state index in [-0.39, 0.29) is 12.5 Å². The van der Waals surface area contributed by atoms with Crippen LogP contribution < -0.4 is 5.32 Å². The van der Waals surface area contributed by atoms with E-state index in [1.54, 1.807) is 19.9 Å². The van der Waals surface area contributed by atoms with E-state index in [0.717, 1.165) is 12.8 Å². The molecule has 1 aromatic rings. The second-order valence-corrected chi connectivity index (χ2v) is 6.44. The molecule has 1 saturated heterocycles. The first-order valence-corrected chi connectivity index (χ1v) is 7.42. The average molecular weight is 320 g/mol. The first-order valence-electron chi connectivity index (χ1n) is 7.04. The Balaban J connectivity index is 2.02. The van der Waals surface area contributed by atoms with Gasteiger partial charge in [0, 0.05) is 25.6 Å². The lowest BCUT2D eigenvalue weighted by Gasteiger charge is -2.25. The van der Waals surface area contributed by atoms with Crippen LogP contribution in [0.1, 0.15) is 45.0 Å². The van der Waals surface area contributed by atoms with Gasteiger partial charge in [0.25, 0.3) is 0 Å². The fraction of sp³-hybridized carbons (Fsp3) is 0.714. The van der Waals surface area contributed by atoms with Crippen LogP contribution in [0.25, 0.3) is 0 Å². The van der Waals surface area contributed by atoms with E-state index in [9.17, 15) is 8.78 Å². The summed E-state index contributed by atoms with van der Waals surface area (Å²) in [4.78, 5) is 8.56. The molecule has 21 heavy (non-hydrogen) atoms. The van der Waals surface area contributed by atoms with Crippen molar-refractivity contribution in [3.8, 4) is 0 Å². The van der Waals surface area contributed by atoms with E-state index in [0.29, 0.717) is 29.9 Å². The van der Waals surface area contributed by atoms with Gasteiger partial charge >= 0.3 is 0 Å². The fourth-order valence-electron chi connectivity index (χ4n) is 2.27. The zero-order chi connectivity index (χ0) is 15.5. The zero-order valence-electron chi connectivity index (χ0n) is 12.2. The molecule has 0 aliphatic carbocycles. The quantitative estimate of drug-likeness (QED) is 0.803. The molecule has 1 fully saturated rings. The number of alkyl halides is 2. The van der Waals surface area contributed by atoms with Gasteiger partial charge in [0.1, 0.15) is 17.1 Å². The lowest BCUT2D eigenvalue weighted by Crippen LogP contribution is -2.26. The van der Waals surface area contributed by atoms with Gasteiger partial charge in [-0.2, -0.15) is 0 Å². The first kappa shape index (κ1) is 16.4.